The van der Waals surface area contributed by atoms with Crippen LogP contribution in [-0.2, 0) is 27.2 Å². The maximum Gasteiger partial charge on any atom is 0.433 e. The number of hydrogen-bond acceptors (Lipinski definition) is 6. The Morgan fingerprint density at radius 3 is 2.32 bits per heavy atom. The molecule has 1 amide bonds. The molecule has 1 aromatic heterocycles. The third kappa shape index (κ3) is 5.89. The van der Waals surface area contributed by atoms with Gasteiger partial charge in [0.1, 0.15) is 11.5 Å². The number of piperidine rings is 1. The minimum Gasteiger partial charge on any atom is -0.337 e. The average Bonchev–Trinajstić information content (AvgIpc) is 3.09. The van der Waals surface area contributed by atoms with Crippen LogP contribution in [0.3, 0.4) is 0 Å². The van der Waals surface area contributed by atoms with E-state index in [1.54, 1.807) is 4.90 Å². The molecule has 2 aliphatic heterocycles. The van der Waals surface area contributed by atoms with Gasteiger partial charge in [0, 0.05) is 36.8 Å². The van der Waals surface area contributed by atoms with Crippen LogP contribution in [0.25, 0.3) is 0 Å². The Labute approximate surface area is 209 Å². The molecule has 4 rings (SSSR count). The van der Waals surface area contributed by atoms with E-state index in [1.165, 1.54) is 0 Å². The van der Waals surface area contributed by atoms with Crippen LogP contribution in [0.2, 0.25) is 0 Å². The number of sulfone groups is 1. The number of nitrogens with zero attached hydrogens (tertiary/aromatic N) is 3. The number of alkyl halides is 3. The van der Waals surface area contributed by atoms with E-state index in [0.29, 0.717) is 44.0 Å². The number of amides is 1. The summed E-state index contributed by atoms with van der Waals surface area (Å²) in [5, 5.41) is -0.993. The number of carbonyl (C=O) groups is 1. The highest BCUT2D eigenvalue weighted by Gasteiger charge is 2.44. The van der Waals surface area contributed by atoms with Gasteiger partial charge in [-0.1, -0.05) is 0 Å². The average molecular weight is 551 g/mol. The number of hydrogen-bond donors (Lipinski definition) is 1. The second kappa shape index (κ2) is 10.2. The van der Waals surface area contributed by atoms with Gasteiger partial charge in [-0.25, -0.2) is 31.6 Å². The van der Waals surface area contributed by atoms with Gasteiger partial charge in [0.2, 0.25) is 20.9 Å². The smallest absolute Gasteiger partial charge is 0.337 e. The molecule has 4 atom stereocenters. The molecule has 2 aromatic rings. The van der Waals surface area contributed by atoms with Crippen molar-refractivity contribution in [3.8, 4) is 0 Å². The van der Waals surface area contributed by atoms with E-state index < -0.39 is 68.4 Å². The molecule has 202 valence electrons. The van der Waals surface area contributed by atoms with Crippen molar-refractivity contribution in [1.29, 1.82) is 0 Å². The van der Waals surface area contributed by atoms with Crippen molar-refractivity contribution < 1.29 is 39.6 Å². The van der Waals surface area contributed by atoms with E-state index in [2.05, 4.69) is 9.97 Å². The third-order valence-corrected chi connectivity index (χ3v) is 8.49. The highest BCUT2D eigenvalue weighted by Crippen LogP contribution is 2.40. The fourth-order valence-corrected chi connectivity index (χ4v) is 6.29. The number of aromatic nitrogens is 2. The zero-order valence-electron chi connectivity index (χ0n) is 19.4. The van der Waals surface area contributed by atoms with Crippen LogP contribution >= 0.6 is 0 Å². The largest absolute Gasteiger partial charge is 0.433 e. The number of carbonyl (C=O) groups excluding carboxylic acids is 1. The molecule has 2 bridgehead atoms. The fraction of sp³-hybridized carbons (Fsp3) is 0.522. The lowest BCUT2D eigenvalue weighted by Crippen LogP contribution is -2.50. The predicted molar refractivity (Wildman–Crippen MR) is 118 cm³/mol. The monoisotopic (exact) mass is 550 g/mol. The lowest BCUT2D eigenvalue weighted by molar-refractivity contribution is -0.141. The zero-order chi connectivity index (χ0) is 27.1. The first-order valence-corrected chi connectivity index (χ1v) is 13.2. The summed E-state index contributed by atoms with van der Waals surface area (Å²) in [5.41, 5.74) is 4.84. The Balaban J connectivity index is 1.38. The first kappa shape index (κ1) is 27.3. The summed E-state index contributed by atoms with van der Waals surface area (Å²) in [5.74, 6) is -4.69. The SMILES string of the molecule is N[C@H](Cc1cc(F)c(F)cc1F)C1C[C@H]2CC[C@@H](C1)N2C(=O)CCS(=O)(=O)c1nccc(C(F)(F)F)n1. The second-order valence-electron chi connectivity index (χ2n) is 9.43. The minimum absolute atomic E-state index is 0.0175. The van der Waals surface area contributed by atoms with Crippen molar-refractivity contribution in [2.75, 3.05) is 5.75 Å². The van der Waals surface area contributed by atoms with Crippen molar-refractivity contribution in [2.24, 2.45) is 11.7 Å². The molecular formula is C23H24F6N4O3S. The van der Waals surface area contributed by atoms with Crippen molar-refractivity contribution in [3.63, 3.8) is 0 Å². The van der Waals surface area contributed by atoms with E-state index in [0.717, 1.165) is 6.07 Å². The van der Waals surface area contributed by atoms with Crippen LogP contribution in [0.4, 0.5) is 26.3 Å². The van der Waals surface area contributed by atoms with Gasteiger partial charge >= 0.3 is 6.18 Å². The first-order valence-electron chi connectivity index (χ1n) is 11.6. The topological polar surface area (TPSA) is 106 Å². The van der Waals surface area contributed by atoms with Crippen LogP contribution in [-0.4, -0.2) is 53.1 Å². The molecule has 1 unspecified atom stereocenters. The minimum atomic E-state index is -4.84. The quantitative estimate of drug-likeness (QED) is 0.322. The highest BCUT2D eigenvalue weighted by molar-refractivity contribution is 7.91. The van der Waals surface area contributed by atoms with Gasteiger partial charge in [0.25, 0.3) is 0 Å². The van der Waals surface area contributed by atoms with E-state index in [9.17, 15) is 39.6 Å². The summed E-state index contributed by atoms with van der Waals surface area (Å²) < 4.78 is 104. The lowest BCUT2D eigenvalue weighted by Gasteiger charge is -2.41. The number of fused-ring (bicyclic) bond motifs is 2. The molecule has 14 heteroatoms. The normalized spacial score (nSPS) is 22.8. The Morgan fingerprint density at radius 1 is 1.08 bits per heavy atom. The first-order chi connectivity index (χ1) is 17.3. The Hall–Kier alpha value is -2.74. The summed E-state index contributed by atoms with van der Waals surface area (Å²) in [6.45, 7) is 0. The molecule has 0 radical (unpaired) electrons. The predicted octanol–water partition coefficient (Wildman–Crippen LogP) is 3.42. The van der Waals surface area contributed by atoms with Crippen molar-refractivity contribution in [1.82, 2.24) is 14.9 Å². The van der Waals surface area contributed by atoms with E-state index in [1.807, 2.05) is 0 Å². The van der Waals surface area contributed by atoms with Crippen molar-refractivity contribution in [2.45, 2.75) is 68.0 Å². The second-order valence-corrected chi connectivity index (χ2v) is 11.4. The van der Waals surface area contributed by atoms with Crippen LogP contribution in [0.1, 0.15) is 43.4 Å². The summed E-state index contributed by atoms with van der Waals surface area (Å²) in [6.07, 6.45) is -2.36. The molecule has 0 aliphatic carbocycles. The molecule has 2 N–H and O–H groups in total. The number of nitrogens with two attached hydrogens (primary N) is 1. The maximum atomic E-state index is 14.0. The third-order valence-electron chi connectivity index (χ3n) is 6.99. The van der Waals surface area contributed by atoms with Gasteiger partial charge in [-0.3, -0.25) is 4.79 Å². The van der Waals surface area contributed by atoms with Crippen LogP contribution in [0.5, 0.6) is 0 Å². The van der Waals surface area contributed by atoms with Crippen LogP contribution in [0, 0.1) is 23.4 Å². The van der Waals surface area contributed by atoms with Gasteiger partial charge in [-0.2, -0.15) is 13.2 Å². The molecular weight excluding hydrogens is 526 g/mol. The summed E-state index contributed by atoms with van der Waals surface area (Å²) >= 11 is 0. The highest BCUT2D eigenvalue weighted by atomic mass is 32.2. The molecule has 2 saturated heterocycles. The summed E-state index contributed by atoms with van der Waals surface area (Å²) in [7, 11) is -4.34. The molecule has 37 heavy (non-hydrogen) atoms. The molecule has 2 fully saturated rings. The molecule has 2 aliphatic rings. The summed E-state index contributed by atoms with van der Waals surface area (Å²) in [4.78, 5) is 21.1. The van der Waals surface area contributed by atoms with Crippen LogP contribution < -0.4 is 5.73 Å². The van der Waals surface area contributed by atoms with E-state index in [4.69, 9.17) is 5.73 Å². The van der Waals surface area contributed by atoms with Gasteiger partial charge in [0.05, 0.1) is 5.75 Å². The summed E-state index contributed by atoms with van der Waals surface area (Å²) in [6, 6.07) is 0.776. The van der Waals surface area contributed by atoms with Gasteiger partial charge < -0.3 is 10.6 Å². The number of benzene rings is 1. The lowest BCUT2D eigenvalue weighted by atomic mass is 9.82. The van der Waals surface area contributed by atoms with Gasteiger partial charge in [-0.15, -0.1) is 0 Å². The Morgan fingerprint density at radius 2 is 1.70 bits per heavy atom. The molecule has 1 aromatic carbocycles. The zero-order valence-corrected chi connectivity index (χ0v) is 20.2. The Bertz CT molecular complexity index is 1280. The Kier molecular flexibility index (Phi) is 7.52. The number of halogens is 6. The van der Waals surface area contributed by atoms with E-state index in [-0.39, 0.29) is 30.0 Å². The number of rotatable bonds is 7. The van der Waals surface area contributed by atoms with Crippen molar-refractivity contribution >= 4 is 15.7 Å². The maximum absolute atomic E-state index is 14.0. The molecule has 7 nitrogen and oxygen atoms in total. The molecule has 0 spiro atoms. The van der Waals surface area contributed by atoms with Crippen molar-refractivity contribution in [3.05, 3.63) is 53.1 Å². The molecule has 3 heterocycles. The molecule has 0 saturated carbocycles. The fourth-order valence-electron chi connectivity index (χ4n) is 5.21. The standard InChI is InChI=1S/C23H24F6N4O3S/c24-16-11-18(26)17(25)9-12(16)10-19(30)13-7-14-1-2-15(8-13)33(14)21(34)4-6-37(35,36)22-31-5-3-20(32-22)23(27,28)29/h3,5,9,11,13-15,19H,1-2,4,6-8,10,30H2/t13?,14-,15+,19-/m1/s1. The van der Waals surface area contributed by atoms with Crippen LogP contribution in [0.15, 0.2) is 29.6 Å². The van der Waals surface area contributed by atoms with E-state index >= 15 is 0 Å². The van der Waals surface area contributed by atoms with Gasteiger partial charge in [-0.05, 0) is 55.7 Å². The van der Waals surface area contributed by atoms with Gasteiger partial charge in [0.15, 0.2) is 11.6 Å².